The molecule has 0 aliphatic carbocycles. The Kier molecular flexibility index (Phi) is 3.99. The highest BCUT2D eigenvalue weighted by molar-refractivity contribution is 9.10. The van der Waals surface area contributed by atoms with E-state index in [-0.39, 0.29) is 5.82 Å². The molecule has 2 rings (SSSR count). The Morgan fingerprint density at radius 2 is 2.00 bits per heavy atom. The number of rotatable bonds is 3. The summed E-state index contributed by atoms with van der Waals surface area (Å²) in [6.07, 6.45) is 0.653. The van der Waals surface area contributed by atoms with Gasteiger partial charge < -0.3 is 4.74 Å². The Balaban J connectivity index is 2.33. The van der Waals surface area contributed by atoms with Crippen molar-refractivity contribution in [2.75, 3.05) is 0 Å². The number of ether oxygens (including phenoxy) is 1. The molecule has 0 aromatic heterocycles. The van der Waals surface area contributed by atoms with E-state index in [0.29, 0.717) is 32.8 Å². The molecule has 0 spiro atoms. The van der Waals surface area contributed by atoms with Crippen LogP contribution in [0.1, 0.15) is 10.4 Å². The summed E-state index contributed by atoms with van der Waals surface area (Å²) in [6.45, 7) is 0. The van der Waals surface area contributed by atoms with E-state index >= 15 is 0 Å². The SMILES string of the molecule is O=Cc1cc(Cl)ccc1Oc1ccc(F)c(Br)c1. The van der Waals surface area contributed by atoms with Gasteiger partial charge in [0, 0.05) is 5.02 Å². The van der Waals surface area contributed by atoms with Gasteiger partial charge in [0.15, 0.2) is 6.29 Å². The van der Waals surface area contributed by atoms with Crippen molar-refractivity contribution in [2.24, 2.45) is 0 Å². The Morgan fingerprint density at radius 3 is 2.67 bits per heavy atom. The van der Waals surface area contributed by atoms with Crippen molar-refractivity contribution >= 4 is 33.8 Å². The molecule has 2 nitrogen and oxygen atoms in total. The van der Waals surface area contributed by atoms with Crippen molar-refractivity contribution in [1.29, 1.82) is 0 Å². The van der Waals surface area contributed by atoms with E-state index in [9.17, 15) is 9.18 Å². The number of benzene rings is 2. The normalized spacial score (nSPS) is 10.2. The highest BCUT2D eigenvalue weighted by atomic mass is 79.9. The predicted molar refractivity (Wildman–Crippen MR) is 71.0 cm³/mol. The molecule has 0 aliphatic heterocycles. The van der Waals surface area contributed by atoms with E-state index < -0.39 is 0 Å². The van der Waals surface area contributed by atoms with Crippen molar-refractivity contribution < 1.29 is 13.9 Å². The van der Waals surface area contributed by atoms with Crippen LogP contribution in [0.4, 0.5) is 4.39 Å². The molecule has 0 heterocycles. The van der Waals surface area contributed by atoms with Gasteiger partial charge in [0.2, 0.25) is 0 Å². The molecule has 5 heteroatoms. The van der Waals surface area contributed by atoms with Crippen LogP contribution in [0.5, 0.6) is 11.5 Å². The van der Waals surface area contributed by atoms with Gasteiger partial charge in [0.05, 0.1) is 10.0 Å². The van der Waals surface area contributed by atoms with Crippen LogP contribution in [0.15, 0.2) is 40.9 Å². The largest absolute Gasteiger partial charge is 0.457 e. The maximum atomic E-state index is 13.1. The quantitative estimate of drug-likeness (QED) is 0.753. The van der Waals surface area contributed by atoms with Gasteiger partial charge >= 0.3 is 0 Å². The third-order valence-electron chi connectivity index (χ3n) is 2.22. The van der Waals surface area contributed by atoms with Gasteiger partial charge in [0.25, 0.3) is 0 Å². The fourth-order valence-corrected chi connectivity index (χ4v) is 1.91. The van der Waals surface area contributed by atoms with Crippen molar-refractivity contribution in [2.45, 2.75) is 0 Å². The van der Waals surface area contributed by atoms with Gasteiger partial charge in [-0.05, 0) is 52.3 Å². The van der Waals surface area contributed by atoms with Gasteiger partial charge in [-0.1, -0.05) is 11.6 Å². The Hall–Kier alpha value is -1.39. The van der Waals surface area contributed by atoms with Crippen molar-refractivity contribution in [3.8, 4) is 11.5 Å². The van der Waals surface area contributed by atoms with Crippen molar-refractivity contribution in [3.05, 3.63) is 57.3 Å². The second-order valence-electron chi connectivity index (χ2n) is 3.48. The zero-order chi connectivity index (χ0) is 13.1. The van der Waals surface area contributed by atoms with Gasteiger partial charge in [-0.3, -0.25) is 4.79 Å². The Labute approximate surface area is 116 Å². The standard InChI is InChI=1S/C13H7BrClFO2/c14-11-6-10(2-3-12(11)16)18-13-4-1-9(15)5-8(13)7-17/h1-7H. The molecular formula is C13H7BrClFO2. The van der Waals surface area contributed by atoms with Crippen LogP contribution >= 0.6 is 27.5 Å². The molecule has 18 heavy (non-hydrogen) atoms. The van der Waals surface area contributed by atoms with Crippen molar-refractivity contribution in [1.82, 2.24) is 0 Å². The Morgan fingerprint density at radius 1 is 1.22 bits per heavy atom. The first kappa shape index (κ1) is 13.1. The lowest BCUT2D eigenvalue weighted by Crippen LogP contribution is -1.91. The first-order valence-corrected chi connectivity index (χ1v) is 6.15. The molecule has 0 N–H and O–H groups in total. The van der Waals surface area contributed by atoms with Crippen LogP contribution in [0.25, 0.3) is 0 Å². The average Bonchev–Trinajstić information content (AvgIpc) is 2.36. The molecule has 0 amide bonds. The molecule has 92 valence electrons. The lowest BCUT2D eigenvalue weighted by atomic mass is 10.2. The maximum absolute atomic E-state index is 13.1. The number of aldehydes is 1. The van der Waals surface area contributed by atoms with Crippen LogP contribution in [0.2, 0.25) is 5.02 Å². The van der Waals surface area contributed by atoms with Gasteiger partial charge in [-0.15, -0.1) is 0 Å². The zero-order valence-electron chi connectivity index (χ0n) is 8.99. The molecule has 0 aliphatic rings. The molecule has 2 aromatic rings. The minimum absolute atomic E-state index is 0.293. The highest BCUT2D eigenvalue weighted by Crippen LogP contribution is 2.29. The minimum atomic E-state index is -0.380. The molecule has 2 aromatic carbocycles. The summed E-state index contributed by atoms with van der Waals surface area (Å²) in [4.78, 5) is 10.9. The second-order valence-corrected chi connectivity index (χ2v) is 4.77. The van der Waals surface area contributed by atoms with Gasteiger partial charge in [0.1, 0.15) is 17.3 Å². The topological polar surface area (TPSA) is 26.3 Å². The summed E-state index contributed by atoms with van der Waals surface area (Å²) in [5.41, 5.74) is 0.336. The maximum Gasteiger partial charge on any atom is 0.153 e. The number of carbonyl (C=O) groups excluding carboxylic acids is 1. The lowest BCUT2D eigenvalue weighted by Gasteiger charge is -2.08. The molecule has 0 atom stereocenters. The monoisotopic (exact) mass is 328 g/mol. The summed E-state index contributed by atoms with van der Waals surface area (Å²) >= 11 is 8.83. The van der Waals surface area contributed by atoms with Crippen LogP contribution in [-0.2, 0) is 0 Å². The first-order valence-electron chi connectivity index (χ1n) is 4.98. The average molecular weight is 330 g/mol. The summed E-state index contributed by atoms with van der Waals surface area (Å²) in [7, 11) is 0. The summed E-state index contributed by atoms with van der Waals surface area (Å²) in [6, 6.07) is 8.94. The van der Waals surface area contributed by atoms with Gasteiger partial charge in [-0.2, -0.15) is 0 Å². The fourth-order valence-electron chi connectivity index (χ4n) is 1.37. The predicted octanol–water partition coefficient (Wildman–Crippen LogP) is 4.85. The molecule has 0 unspecified atom stereocenters. The number of hydrogen-bond acceptors (Lipinski definition) is 2. The summed E-state index contributed by atoms with van der Waals surface area (Å²) < 4.78 is 18.9. The summed E-state index contributed by atoms with van der Waals surface area (Å²) in [5, 5.41) is 0.449. The molecule has 0 saturated carbocycles. The van der Waals surface area contributed by atoms with E-state index in [1.807, 2.05) is 0 Å². The van der Waals surface area contributed by atoms with Crippen LogP contribution in [0, 0.1) is 5.82 Å². The van der Waals surface area contributed by atoms with E-state index in [0.717, 1.165) is 0 Å². The molecular weight excluding hydrogens is 322 g/mol. The highest BCUT2D eigenvalue weighted by Gasteiger charge is 2.07. The van der Waals surface area contributed by atoms with Crippen LogP contribution in [-0.4, -0.2) is 6.29 Å². The summed E-state index contributed by atoms with van der Waals surface area (Å²) in [5.74, 6) is 0.413. The smallest absolute Gasteiger partial charge is 0.153 e. The zero-order valence-corrected chi connectivity index (χ0v) is 11.3. The van der Waals surface area contributed by atoms with Crippen molar-refractivity contribution in [3.63, 3.8) is 0 Å². The third kappa shape index (κ3) is 2.89. The van der Waals surface area contributed by atoms with E-state index in [2.05, 4.69) is 15.9 Å². The van der Waals surface area contributed by atoms with E-state index in [1.165, 1.54) is 24.3 Å². The minimum Gasteiger partial charge on any atom is -0.457 e. The lowest BCUT2D eigenvalue weighted by molar-refractivity contribution is 0.112. The fraction of sp³-hybridized carbons (Fsp3) is 0. The van der Waals surface area contributed by atoms with E-state index in [4.69, 9.17) is 16.3 Å². The second kappa shape index (κ2) is 5.50. The molecule has 0 radical (unpaired) electrons. The number of hydrogen-bond donors (Lipinski definition) is 0. The van der Waals surface area contributed by atoms with Crippen LogP contribution < -0.4 is 4.74 Å². The Bertz CT molecular complexity index is 602. The molecule has 0 fully saturated rings. The third-order valence-corrected chi connectivity index (χ3v) is 3.06. The molecule has 0 saturated heterocycles. The first-order chi connectivity index (χ1) is 8.60. The van der Waals surface area contributed by atoms with Crippen LogP contribution in [0.3, 0.4) is 0 Å². The number of carbonyl (C=O) groups is 1. The van der Waals surface area contributed by atoms with Gasteiger partial charge in [-0.25, -0.2) is 4.39 Å². The molecule has 0 bridgehead atoms. The number of halogens is 3. The van der Waals surface area contributed by atoms with E-state index in [1.54, 1.807) is 12.1 Å².